The Balaban J connectivity index is 1.55. The molecule has 0 spiro atoms. The summed E-state index contributed by atoms with van der Waals surface area (Å²) in [5.41, 5.74) is 2.11. The molecule has 0 saturated carbocycles. The quantitative estimate of drug-likeness (QED) is 0.442. The summed E-state index contributed by atoms with van der Waals surface area (Å²) in [6, 6.07) is 7.68. The number of rotatable bonds is 4. The summed E-state index contributed by atoms with van der Waals surface area (Å²) in [6.45, 7) is 1.83. The van der Waals surface area contributed by atoms with Crippen LogP contribution < -0.4 is 5.32 Å². The van der Waals surface area contributed by atoms with Gasteiger partial charge in [-0.15, -0.1) is 10.2 Å². The van der Waals surface area contributed by atoms with E-state index in [-0.39, 0.29) is 11.7 Å². The Bertz CT molecular complexity index is 1040. The zero-order chi connectivity index (χ0) is 16.5. The van der Waals surface area contributed by atoms with Crippen LogP contribution in [0.5, 0.6) is 0 Å². The number of nitrogens with zero attached hydrogens (tertiary/aromatic N) is 4. The fourth-order valence-corrected chi connectivity index (χ4v) is 3.58. The van der Waals surface area contributed by atoms with Crippen LogP contribution in [0, 0.1) is 6.92 Å². The number of carbonyl (C=O) groups is 1. The Morgan fingerprint density at radius 1 is 1.29 bits per heavy atom. The van der Waals surface area contributed by atoms with Crippen LogP contribution in [-0.4, -0.2) is 31.8 Å². The minimum Gasteiger partial charge on any atom is -0.451 e. The average Bonchev–Trinajstić information content (AvgIpc) is 3.16. The number of aromatic nitrogens is 4. The minimum atomic E-state index is -0.168. The van der Waals surface area contributed by atoms with Crippen molar-refractivity contribution in [3.8, 4) is 0 Å². The van der Waals surface area contributed by atoms with Crippen molar-refractivity contribution in [3.05, 3.63) is 35.6 Å². The van der Waals surface area contributed by atoms with Crippen molar-refractivity contribution in [1.82, 2.24) is 20.2 Å². The Kier molecular flexibility index (Phi) is 3.87. The molecule has 9 heteroatoms. The number of benzene rings is 1. The number of hydrogen-bond acceptors (Lipinski definition) is 8. The van der Waals surface area contributed by atoms with Crippen molar-refractivity contribution in [1.29, 1.82) is 0 Å². The van der Waals surface area contributed by atoms with E-state index >= 15 is 0 Å². The highest BCUT2D eigenvalue weighted by Crippen LogP contribution is 2.32. The van der Waals surface area contributed by atoms with Crippen molar-refractivity contribution >= 4 is 56.2 Å². The molecule has 0 aliphatic carbocycles. The van der Waals surface area contributed by atoms with E-state index in [0.29, 0.717) is 15.7 Å². The highest BCUT2D eigenvalue weighted by molar-refractivity contribution is 8.00. The van der Waals surface area contributed by atoms with E-state index in [1.165, 1.54) is 29.4 Å². The first-order valence-corrected chi connectivity index (χ1v) is 8.86. The maximum Gasteiger partial charge on any atom is 0.236 e. The van der Waals surface area contributed by atoms with E-state index in [0.717, 1.165) is 21.5 Å². The van der Waals surface area contributed by atoms with E-state index in [1.54, 1.807) is 0 Å². The number of carbonyl (C=O) groups excluding carboxylic acids is 1. The number of furan rings is 1. The molecular formula is C15H11N5O2S2. The first kappa shape index (κ1) is 15.0. The predicted molar refractivity (Wildman–Crippen MR) is 93.3 cm³/mol. The number of amides is 1. The number of anilines is 1. The first-order valence-electron chi connectivity index (χ1n) is 7.06. The molecule has 7 nitrogen and oxygen atoms in total. The third-order valence-electron chi connectivity index (χ3n) is 3.24. The normalized spacial score (nSPS) is 11.2. The van der Waals surface area contributed by atoms with E-state index in [2.05, 4.69) is 25.5 Å². The van der Waals surface area contributed by atoms with Gasteiger partial charge < -0.3 is 4.42 Å². The summed E-state index contributed by atoms with van der Waals surface area (Å²) in [5, 5.41) is 13.3. The molecule has 3 aromatic heterocycles. The number of aryl methyl sites for hydroxylation is 1. The fourth-order valence-electron chi connectivity index (χ4n) is 2.24. The van der Waals surface area contributed by atoms with E-state index < -0.39 is 0 Å². The van der Waals surface area contributed by atoms with Crippen molar-refractivity contribution in [2.75, 3.05) is 11.1 Å². The summed E-state index contributed by atoms with van der Waals surface area (Å²) in [7, 11) is 0. The fraction of sp³-hybridized carbons (Fsp3) is 0.133. The molecule has 0 fully saturated rings. The van der Waals surface area contributed by atoms with Crippen LogP contribution >= 0.6 is 23.1 Å². The molecule has 0 aliphatic heterocycles. The minimum absolute atomic E-state index is 0.168. The van der Waals surface area contributed by atoms with Gasteiger partial charge in [0.25, 0.3) is 0 Å². The summed E-state index contributed by atoms with van der Waals surface area (Å²) < 4.78 is 5.84. The number of fused-ring (bicyclic) bond motifs is 3. The SMILES string of the molecule is Cc1nnc(NC(=O)CSc2ncnc3c2oc2ccccc23)s1. The number of thioether (sulfide) groups is 1. The van der Waals surface area contributed by atoms with Gasteiger partial charge in [-0.3, -0.25) is 10.1 Å². The Labute approximate surface area is 144 Å². The zero-order valence-electron chi connectivity index (χ0n) is 12.5. The highest BCUT2D eigenvalue weighted by Gasteiger charge is 2.15. The molecule has 4 aromatic rings. The number of hydrogen-bond donors (Lipinski definition) is 1. The molecule has 0 unspecified atom stereocenters. The second kappa shape index (κ2) is 6.17. The van der Waals surface area contributed by atoms with Gasteiger partial charge in [0.1, 0.15) is 27.5 Å². The van der Waals surface area contributed by atoms with E-state index in [9.17, 15) is 4.79 Å². The monoisotopic (exact) mass is 357 g/mol. The zero-order valence-corrected chi connectivity index (χ0v) is 14.1. The number of nitrogens with one attached hydrogen (secondary N) is 1. The molecule has 120 valence electrons. The topological polar surface area (TPSA) is 93.8 Å². The number of para-hydroxylation sites is 1. The van der Waals surface area contributed by atoms with Crippen molar-refractivity contribution < 1.29 is 9.21 Å². The lowest BCUT2D eigenvalue weighted by Gasteiger charge is -2.01. The van der Waals surface area contributed by atoms with Gasteiger partial charge in [-0.25, -0.2) is 9.97 Å². The summed E-state index contributed by atoms with van der Waals surface area (Å²) >= 11 is 2.63. The second-order valence-corrected chi connectivity index (χ2v) is 7.06. The van der Waals surface area contributed by atoms with Crippen LogP contribution in [0.25, 0.3) is 22.1 Å². The van der Waals surface area contributed by atoms with Crippen molar-refractivity contribution in [2.24, 2.45) is 0 Å². The molecule has 24 heavy (non-hydrogen) atoms. The molecule has 0 saturated heterocycles. The van der Waals surface area contributed by atoms with E-state index in [4.69, 9.17) is 4.42 Å². The van der Waals surface area contributed by atoms with Crippen molar-refractivity contribution in [2.45, 2.75) is 11.9 Å². The molecule has 0 bridgehead atoms. The Morgan fingerprint density at radius 3 is 3.00 bits per heavy atom. The Hall–Kier alpha value is -2.52. The van der Waals surface area contributed by atoms with Gasteiger partial charge in [0.2, 0.25) is 11.0 Å². The summed E-state index contributed by atoms with van der Waals surface area (Å²) in [6.07, 6.45) is 1.48. The summed E-state index contributed by atoms with van der Waals surface area (Å²) in [5.74, 6) is 0.0286. The second-order valence-electron chi connectivity index (χ2n) is 4.92. The molecule has 1 aromatic carbocycles. The maximum absolute atomic E-state index is 12.0. The maximum atomic E-state index is 12.0. The smallest absolute Gasteiger partial charge is 0.236 e. The molecule has 4 rings (SSSR count). The van der Waals surface area contributed by atoms with Gasteiger partial charge in [-0.05, 0) is 19.1 Å². The Morgan fingerprint density at radius 2 is 2.17 bits per heavy atom. The van der Waals surface area contributed by atoms with Gasteiger partial charge in [-0.1, -0.05) is 35.2 Å². The predicted octanol–water partition coefficient (Wildman–Crippen LogP) is 3.27. The first-order chi connectivity index (χ1) is 11.7. The lowest BCUT2D eigenvalue weighted by Crippen LogP contribution is -2.13. The van der Waals surface area contributed by atoms with Gasteiger partial charge in [0, 0.05) is 5.39 Å². The molecular weight excluding hydrogens is 346 g/mol. The van der Waals surface area contributed by atoms with Crippen molar-refractivity contribution in [3.63, 3.8) is 0 Å². The molecule has 0 atom stereocenters. The van der Waals surface area contributed by atoms with Crippen LogP contribution in [0.4, 0.5) is 5.13 Å². The van der Waals surface area contributed by atoms with Gasteiger partial charge in [-0.2, -0.15) is 0 Å². The largest absolute Gasteiger partial charge is 0.451 e. The lowest BCUT2D eigenvalue weighted by molar-refractivity contribution is -0.113. The van der Waals surface area contributed by atoms with Gasteiger partial charge in [0.15, 0.2) is 5.58 Å². The molecule has 3 heterocycles. The molecule has 0 radical (unpaired) electrons. The van der Waals surface area contributed by atoms with Gasteiger partial charge in [0.05, 0.1) is 5.75 Å². The molecule has 0 aliphatic rings. The third-order valence-corrected chi connectivity index (χ3v) is 4.96. The van der Waals surface area contributed by atoms with E-state index in [1.807, 2.05) is 31.2 Å². The van der Waals surface area contributed by atoms with Crippen LogP contribution in [0.15, 0.2) is 40.0 Å². The molecule has 1 amide bonds. The van der Waals surface area contributed by atoms with Gasteiger partial charge >= 0.3 is 0 Å². The lowest BCUT2D eigenvalue weighted by atomic mass is 10.2. The third kappa shape index (κ3) is 2.83. The van der Waals surface area contributed by atoms with Crippen LogP contribution in [0.1, 0.15) is 5.01 Å². The van der Waals surface area contributed by atoms with Crippen LogP contribution in [0.2, 0.25) is 0 Å². The standard InChI is InChI=1S/C15H11N5O2S2/c1-8-19-20-15(24-8)18-11(21)6-23-14-13-12(16-7-17-14)9-4-2-3-5-10(9)22-13/h2-5,7H,6H2,1H3,(H,18,20,21). The highest BCUT2D eigenvalue weighted by atomic mass is 32.2. The average molecular weight is 357 g/mol. The summed E-state index contributed by atoms with van der Waals surface area (Å²) in [4.78, 5) is 20.6. The molecule has 1 N–H and O–H groups in total. The van der Waals surface area contributed by atoms with Crippen LogP contribution in [-0.2, 0) is 4.79 Å². The van der Waals surface area contributed by atoms with Crippen LogP contribution in [0.3, 0.4) is 0 Å².